The smallest absolute Gasteiger partial charge is 0.251 e. The van der Waals surface area contributed by atoms with Gasteiger partial charge >= 0.3 is 0 Å². The third-order valence-corrected chi connectivity index (χ3v) is 2.94. The van der Waals surface area contributed by atoms with Crippen LogP contribution >= 0.6 is 0 Å². The Morgan fingerprint density at radius 3 is 2.39 bits per heavy atom. The molecule has 1 aromatic carbocycles. The van der Waals surface area contributed by atoms with Crippen molar-refractivity contribution in [3.63, 3.8) is 0 Å². The first kappa shape index (κ1) is 14.6. The molecule has 100 valence electrons. The number of amides is 1. The summed E-state index contributed by atoms with van der Waals surface area (Å²) in [6.07, 6.45) is 0.925. The molecule has 0 fully saturated rings. The molecule has 0 aromatic heterocycles. The summed E-state index contributed by atoms with van der Waals surface area (Å²) in [6.45, 7) is 7.94. The van der Waals surface area contributed by atoms with E-state index >= 15 is 0 Å². The fourth-order valence-corrected chi connectivity index (χ4v) is 1.75. The molecule has 18 heavy (non-hydrogen) atoms. The number of rotatable bonds is 7. The van der Waals surface area contributed by atoms with Crippen LogP contribution in [0.15, 0.2) is 24.3 Å². The fraction of sp³-hybridized carbons (Fsp3) is 0.500. The monoisotopic (exact) mass is 252 g/mol. The van der Waals surface area contributed by atoms with Crippen molar-refractivity contribution in [2.24, 2.45) is 0 Å². The molecule has 0 unspecified atom stereocenters. The molecule has 0 radical (unpaired) electrons. The van der Waals surface area contributed by atoms with Gasteiger partial charge in [-0.1, -0.05) is 13.8 Å². The maximum Gasteiger partial charge on any atom is 0.251 e. The van der Waals surface area contributed by atoms with E-state index in [1.54, 1.807) is 0 Å². The Balaban J connectivity index is 2.27. The predicted octanol–water partition coefficient (Wildman–Crippen LogP) is 2.29. The Hall–Kier alpha value is -1.42. The lowest BCUT2D eigenvalue weighted by Crippen LogP contribution is -2.29. The molecule has 1 N–H and O–H groups in total. The van der Waals surface area contributed by atoms with Gasteiger partial charge in [0.1, 0.15) is 5.82 Å². The second kappa shape index (κ2) is 7.82. The molecule has 0 atom stereocenters. The predicted molar refractivity (Wildman–Crippen MR) is 71.1 cm³/mol. The van der Waals surface area contributed by atoms with Gasteiger partial charge in [-0.2, -0.15) is 0 Å². The molecule has 3 nitrogen and oxygen atoms in total. The maximum atomic E-state index is 12.7. The second-order valence-corrected chi connectivity index (χ2v) is 4.14. The van der Waals surface area contributed by atoms with Crippen LogP contribution in [0.3, 0.4) is 0 Å². The van der Waals surface area contributed by atoms with Gasteiger partial charge in [-0.3, -0.25) is 4.79 Å². The number of halogens is 1. The molecule has 1 aromatic rings. The van der Waals surface area contributed by atoms with Crippen molar-refractivity contribution in [3.8, 4) is 0 Å². The summed E-state index contributed by atoms with van der Waals surface area (Å²) in [5, 5.41) is 2.83. The zero-order valence-electron chi connectivity index (χ0n) is 11.1. The van der Waals surface area contributed by atoms with E-state index in [4.69, 9.17) is 0 Å². The van der Waals surface area contributed by atoms with E-state index in [1.165, 1.54) is 24.3 Å². The Morgan fingerprint density at radius 1 is 1.22 bits per heavy atom. The topological polar surface area (TPSA) is 32.3 Å². The van der Waals surface area contributed by atoms with Crippen LogP contribution in [0.5, 0.6) is 0 Å². The molecule has 0 bridgehead atoms. The van der Waals surface area contributed by atoms with Crippen molar-refractivity contribution in [1.29, 1.82) is 0 Å². The second-order valence-electron chi connectivity index (χ2n) is 4.14. The van der Waals surface area contributed by atoms with E-state index < -0.39 is 0 Å². The summed E-state index contributed by atoms with van der Waals surface area (Å²) in [4.78, 5) is 14.0. The number of hydrogen-bond donors (Lipinski definition) is 1. The molecule has 0 spiro atoms. The van der Waals surface area contributed by atoms with Crippen LogP contribution in [-0.4, -0.2) is 37.0 Å². The Labute approximate surface area is 108 Å². The summed E-state index contributed by atoms with van der Waals surface area (Å²) >= 11 is 0. The van der Waals surface area contributed by atoms with Crippen LogP contribution in [0.1, 0.15) is 30.6 Å². The molecule has 1 rings (SSSR count). The van der Waals surface area contributed by atoms with Crippen LogP contribution < -0.4 is 5.32 Å². The van der Waals surface area contributed by atoms with Crippen LogP contribution in [0, 0.1) is 5.82 Å². The van der Waals surface area contributed by atoms with Gasteiger partial charge in [-0.25, -0.2) is 4.39 Å². The van der Waals surface area contributed by atoms with Crippen LogP contribution in [0.4, 0.5) is 4.39 Å². The van der Waals surface area contributed by atoms with Gasteiger partial charge in [0.15, 0.2) is 0 Å². The molecule has 0 heterocycles. The average Bonchev–Trinajstić information content (AvgIpc) is 2.39. The lowest BCUT2D eigenvalue weighted by Gasteiger charge is -2.17. The number of benzene rings is 1. The average molecular weight is 252 g/mol. The normalized spacial score (nSPS) is 10.7. The van der Waals surface area contributed by atoms with Gasteiger partial charge in [-0.15, -0.1) is 0 Å². The van der Waals surface area contributed by atoms with Gasteiger partial charge in [-0.05, 0) is 50.3 Å². The van der Waals surface area contributed by atoms with Gasteiger partial charge in [0.2, 0.25) is 0 Å². The van der Waals surface area contributed by atoms with Gasteiger partial charge in [0.25, 0.3) is 5.91 Å². The Bertz CT molecular complexity index is 361. The minimum Gasteiger partial charge on any atom is -0.352 e. The summed E-state index contributed by atoms with van der Waals surface area (Å²) in [5.41, 5.74) is 0.499. The highest BCUT2D eigenvalue weighted by Gasteiger charge is 2.05. The van der Waals surface area contributed by atoms with E-state index in [2.05, 4.69) is 24.1 Å². The van der Waals surface area contributed by atoms with Crippen molar-refractivity contribution in [3.05, 3.63) is 35.6 Å². The SMILES string of the molecule is CCN(CC)CCCNC(=O)c1ccc(F)cc1. The van der Waals surface area contributed by atoms with E-state index in [1.807, 2.05) is 0 Å². The van der Waals surface area contributed by atoms with Gasteiger partial charge in [0, 0.05) is 12.1 Å². The molecule has 0 aliphatic rings. The minimum absolute atomic E-state index is 0.144. The highest BCUT2D eigenvalue weighted by molar-refractivity contribution is 5.94. The standard InChI is InChI=1S/C14H21FN2O/c1-3-17(4-2)11-5-10-16-14(18)12-6-8-13(15)9-7-12/h6-9H,3-5,10-11H2,1-2H3,(H,16,18). The number of hydrogen-bond acceptors (Lipinski definition) is 2. The minimum atomic E-state index is -0.326. The van der Waals surface area contributed by atoms with E-state index in [-0.39, 0.29) is 11.7 Å². The fourth-order valence-electron chi connectivity index (χ4n) is 1.75. The lowest BCUT2D eigenvalue weighted by molar-refractivity contribution is 0.0952. The first-order chi connectivity index (χ1) is 8.67. The Morgan fingerprint density at radius 2 is 1.83 bits per heavy atom. The highest BCUT2D eigenvalue weighted by atomic mass is 19.1. The van der Waals surface area contributed by atoms with Gasteiger partial charge in [0.05, 0.1) is 0 Å². The number of nitrogens with one attached hydrogen (secondary N) is 1. The van der Waals surface area contributed by atoms with Crippen molar-refractivity contribution in [2.45, 2.75) is 20.3 Å². The number of carbonyl (C=O) groups is 1. The van der Waals surface area contributed by atoms with Crippen LogP contribution in [-0.2, 0) is 0 Å². The highest BCUT2D eigenvalue weighted by Crippen LogP contribution is 2.02. The number of nitrogens with zero attached hydrogens (tertiary/aromatic N) is 1. The van der Waals surface area contributed by atoms with Crippen molar-refractivity contribution >= 4 is 5.91 Å². The molecular weight excluding hydrogens is 231 g/mol. The van der Waals surface area contributed by atoms with Crippen molar-refractivity contribution in [2.75, 3.05) is 26.2 Å². The molecular formula is C14H21FN2O. The first-order valence-corrected chi connectivity index (χ1v) is 6.43. The molecule has 4 heteroatoms. The maximum absolute atomic E-state index is 12.7. The summed E-state index contributed by atoms with van der Waals surface area (Å²) in [7, 11) is 0. The molecule has 0 aliphatic carbocycles. The first-order valence-electron chi connectivity index (χ1n) is 6.43. The Kier molecular flexibility index (Phi) is 6.36. The summed E-state index contributed by atoms with van der Waals surface area (Å²) < 4.78 is 12.7. The quantitative estimate of drug-likeness (QED) is 0.755. The summed E-state index contributed by atoms with van der Waals surface area (Å²) in [5.74, 6) is -0.470. The largest absolute Gasteiger partial charge is 0.352 e. The zero-order chi connectivity index (χ0) is 13.4. The van der Waals surface area contributed by atoms with Gasteiger partial charge < -0.3 is 10.2 Å². The van der Waals surface area contributed by atoms with Crippen LogP contribution in [0.25, 0.3) is 0 Å². The summed E-state index contributed by atoms with van der Waals surface area (Å²) in [6, 6.07) is 5.58. The number of carbonyl (C=O) groups excluding carboxylic acids is 1. The third kappa shape index (κ3) is 4.84. The molecule has 0 saturated heterocycles. The molecule has 0 aliphatic heterocycles. The lowest BCUT2D eigenvalue weighted by atomic mass is 10.2. The third-order valence-electron chi connectivity index (χ3n) is 2.94. The van der Waals surface area contributed by atoms with Crippen LogP contribution in [0.2, 0.25) is 0 Å². The van der Waals surface area contributed by atoms with E-state index in [9.17, 15) is 9.18 Å². The molecule has 0 saturated carbocycles. The zero-order valence-corrected chi connectivity index (χ0v) is 11.1. The van der Waals surface area contributed by atoms with E-state index in [0.29, 0.717) is 12.1 Å². The van der Waals surface area contributed by atoms with E-state index in [0.717, 1.165) is 26.1 Å². The van der Waals surface area contributed by atoms with Crippen molar-refractivity contribution < 1.29 is 9.18 Å². The molecule has 1 amide bonds. The van der Waals surface area contributed by atoms with Crippen molar-refractivity contribution in [1.82, 2.24) is 10.2 Å².